The lowest BCUT2D eigenvalue weighted by Gasteiger charge is -2.23. The van der Waals surface area contributed by atoms with Gasteiger partial charge in [-0.25, -0.2) is 0 Å². The first-order valence-electron chi connectivity index (χ1n) is 24.0. The van der Waals surface area contributed by atoms with Gasteiger partial charge < -0.3 is 24.8 Å². The van der Waals surface area contributed by atoms with Gasteiger partial charge in [-0.2, -0.15) is 0 Å². The Hall–Kier alpha value is -9.47. The molecule has 10 aromatic carbocycles. The van der Waals surface area contributed by atoms with Gasteiger partial charge in [0.15, 0.2) is 6.29 Å². The highest BCUT2D eigenvalue weighted by molar-refractivity contribution is 9.10. The van der Waals surface area contributed by atoms with Crippen molar-refractivity contribution in [1.82, 2.24) is 0 Å². The maximum atomic E-state index is 9.78. The molecule has 0 radical (unpaired) electrons. The third-order valence-corrected chi connectivity index (χ3v) is 12.6. The summed E-state index contributed by atoms with van der Waals surface area (Å²) in [6.07, 6.45) is 18.9. The molecule has 1 heterocycles. The highest BCUT2D eigenvalue weighted by atomic mass is 79.9. The Kier molecular flexibility index (Phi) is 17.4. The van der Waals surface area contributed by atoms with Crippen LogP contribution in [0.3, 0.4) is 0 Å². The molecule has 76 heavy (non-hydrogen) atoms. The Bertz CT molecular complexity index is 3780. The molecule has 1 atom stereocenters. The standard InChI is InChI=1S/C42H24O3.C15H15BrO2.C12H6.ClH/c43-40-16-13-34-22-28(7-10-37(34)25-40)1-4-31-19-32(5-2-29-8-11-38-26-41(44)17-14-35(38)23-29)21-33(20-31)6-3-30-9-12-39-27-42(45)18-15-36(39)24-30;16-13-6-4-12-10-14(7-5-11(12)9-13)18-15-3-1-2-8-17-15;1-4-10-7-11(5-2)9-12(6-3)8-10;/h7-27,43-45H;4-7,9-10,15H,1-3,8H2;1-3,7-9H;1H. The molecule has 11 rings (SSSR count). The summed E-state index contributed by atoms with van der Waals surface area (Å²) in [4.78, 5) is 0. The molecule has 5 nitrogen and oxygen atoms in total. The zero-order valence-electron chi connectivity index (χ0n) is 40.9. The predicted octanol–water partition coefficient (Wildman–Crippen LogP) is 15.0. The molecule has 0 saturated carbocycles. The highest BCUT2D eigenvalue weighted by Crippen LogP contribution is 2.27. The van der Waals surface area contributed by atoms with Crippen LogP contribution in [0.2, 0.25) is 0 Å². The minimum absolute atomic E-state index is 0. The minimum Gasteiger partial charge on any atom is -0.508 e. The van der Waals surface area contributed by atoms with E-state index >= 15 is 0 Å². The number of hydrogen-bond donors (Lipinski definition) is 3. The molecular formula is C69H46BrClO5. The summed E-state index contributed by atoms with van der Waals surface area (Å²) >= 11 is 3.48. The summed E-state index contributed by atoms with van der Waals surface area (Å²) in [5.74, 6) is 28.7. The van der Waals surface area contributed by atoms with Gasteiger partial charge in [0.25, 0.3) is 0 Å². The normalized spacial score (nSPS) is 12.1. The van der Waals surface area contributed by atoms with Crippen LogP contribution in [-0.4, -0.2) is 28.2 Å². The highest BCUT2D eigenvalue weighted by Gasteiger charge is 2.15. The molecule has 1 fully saturated rings. The van der Waals surface area contributed by atoms with Crippen molar-refractivity contribution in [3.8, 4) is 95.6 Å². The Morgan fingerprint density at radius 1 is 0.382 bits per heavy atom. The molecule has 1 saturated heterocycles. The van der Waals surface area contributed by atoms with Crippen molar-refractivity contribution in [2.45, 2.75) is 25.6 Å². The molecule has 10 aromatic rings. The number of benzene rings is 10. The van der Waals surface area contributed by atoms with Gasteiger partial charge in [0.1, 0.15) is 23.0 Å². The second-order valence-corrected chi connectivity index (χ2v) is 18.5. The first-order valence-corrected chi connectivity index (χ1v) is 24.8. The number of rotatable bonds is 2. The number of hydrogen-bond acceptors (Lipinski definition) is 5. The smallest absolute Gasteiger partial charge is 0.199 e. The summed E-state index contributed by atoms with van der Waals surface area (Å²) in [6.45, 7) is 0.811. The number of terminal acetylenes is 3. The van der Waals surface area contributed by atoms with Crippen molar-refractivity contribution >= 4 is 71.4 Å². The molecule has 0 aliphatic carbocycles. The largest absolute Gasteiger partial charge is 0.508 e. The van der Waals surface area contributed by atoms with Crippen LogP contribution >= 0.6 is 28.3 Å². The fourth-order valence-electron chi connectivity index (χ4n) is 8.31. The van der Waals surface area contributed by atoms with Crippen LogP contribution in [0.15, 0.2) is 186 Å². The van der Waals surface area contributed by atoms with E-state index in [0.717, 1.165) is 112 Å². The second kappa shape index (κ2) is 25.0. The van der Waals surface area contributed by atoms with Gasteiger partial charge in [-0.3, -0.25) is 0 Å². The molecule has 0 spiro atoms. The van der Waals surface area contributed by atoms with Gasteiger partial charge in [-0.15, -0.1) is 31.7 Å². The van der Waals surface area contributed by atoms with E-state index in [1.807, 2.05) is 103 Å². The molecule has 1 aliphatic heterocycles. The Morgan fingerprint density at radius 2 is 0.724 bits per heavy atom. The van der Waals surface area contributed by atoms with Gasteiger partial charge >= 0.3 is 0 Å². The molecule has 1 aliphatic rings. The van der Waals surface area contributed by atoms with E-state index in [4.69, 9.17) is 28.7 Å². The second-order valence-electron chi connectivity index (χ2n) is 17.6. The number of ether oxygens (including phenoxy) is 2. The summed E-state index contributed by atoms with van der Waals surface area (Å²) in [7, 11) is 0. The van der Waals surface area contributed by atoms with Crippen LogP contribution in [0.5, 0.6) is 23.0 Å². The number of phenolic OH excluding ortho intramolecular Hbond substituents is 3. The summed E-state index contributed by atoms with van der Waals surface area (Å²) in [5.41, 5.74) is 7.12. The van der Waals surface area contributed by atoms with Gasteiger partial charge in [0.05, 0.1) is 6.61 Å². The van der Waals surface area contributed by atoms with Crippen molar-refractivity contribution in [2.24, 2.45) is 0 Å². The van der Waals surface area contributed by atoms with E-state index in [0.29, 0.717) is 0 Å². The van der Waals surface area contributed by atoms with Crippen LogP contribution in [0.1, 0.15) is 69.3 Å². The summed E-state index contributed by atoms with van der Waals surface area (Å²) in [5, 5.41) is 37.6. The third-order valence-electron chi connectivity index (χ3n) is 12.1. The quantitative estimate of drug-likeness (QED) is 0.150. The lowest BCUT2D eigenvalue weighted by atomic mass is 10.0. The first-order chi connectivity index (χ1) is 36.5. The predicted molar refractivity (Wildman–Crippen MR) is 315 cm³/mol. The summed E-state index contributed by atoms with van der Waals surface area (Å²) in [6, 6.07) is 57.1. The molecule has 7 heteroatoms. The SMILES string of the molecule is Brc1ccc2cc(OC3CCCCO3)ccc2c1.C#Cc1cc(C#C)cc(C#C)c1.Cl.Oc1ccc2cc(C#Cc3cc(C#Cc4ccc5cc(O)ccc5c4)cc(C#Cc4ccc5cc(O)ccc5c4)c3)ccc2c1. The minimum atomic E-state index is -0.0772. The van der Waals surface area contributed by atoms with E-state index in [9.17, 15) is 15.3 Å². The van der Waals surface area contributed by atoms with Crippen LogP contribution < -0.4 is 4.74 Å². The molecule has 0 amide bonds. The van der Waals surface area contributed by atoms with E-state index in [2.05, 4.69) is 93.5 Å². The van der Waals surface area contributed by atoms with Crippen molar-refractivity contribution in [1.29, 1.82) is 0 Å². The molecule has 3 N–H and O–H groups in total. The summed E-state index contributed by atoms with van der Waals surface area (Å²) < 4.78 is 12.5. The van der Waals surface area contributed by atoms with Gasteiger partial charge in [0, 0.05) is 61.0 Å². The zero-order valence-corrected chi connectivity index (χ0v) is 43.3. The molecule has 0 bridgehead atoms. The fraction of sp³-hybridized carbons (Fsp3) is 0.0725. The Labute approximate surface area is 457 Å². The first kappa shape index (κ1) is 52.8. The number of fused-ring (bicyclic) bond motifs is 4. The number of halogens is 2. The fourth-order valence-corrected chi connectivity index (χ4v) is 8.69. The van der Waals surface area contributed by atoms with Gasteiger partial charge in [0.2, 0.25) is 0 Å². The van der Waals surface area contributed by atoms with Crippen LogP contribution in [-0.2, 0) is 4.74 Å². The molecular weight excluding hydrogens is 1020 g/mol. The molecule has 1 unspecified atom stereocenters. The van der Waals surface area contributed by atoms with Gasteiger partial charge in [-0.05, 0) is 189 Å². The van der Waals surface area contributed by atoms with E-state index in [-0.39, 0.29) is 35.9 Å². The molecule has 366 valence electrons. The van der Waals surface area contributed by atoms with Gasteiger partial charge in [-0.1, -0.05) is 118 Å². The Morgan fingerprint density at radius 3 is 1.13 bits per heavy atom. The van der Waals surface area contributed by atoms with Crippen molar-refractivity contribution < 1.29 is 24.8 Å². The zero-order chi connectivity index (χ0) is 52.1. The van der Waals surface area contributed by atoms with Crippen LogP contribution in [0, 0.1) is 72.6 Å². The topological polar surface area (TPSA) is 79.2 Å². The maximum Gasteiger partial charge on any atom is 0.199 e. The number of aromatic hydroxyl groups is 3. The average molecular weight is 1070 g/mol. The van der Waals surface area contributed by atoms with E-state index in [1.165, 1.54) is 17.2 Å². The van der Waals surface area contributed by atoms with Crippen molar-refractivity contribution in [3.63, 3.8) is 0 Å². The van der Waals surface area contributed by atoms with E-state index in [1.54, 1.807) is 54.6 Å². The van der Waals surface area contributed by atoms with Crippen LogP contribution in [0.25, 0.3) is 43.1 Å². The lowest BCUT2D eigenvalue weighted by Crippen LogP contribution is -2.24. The monoisotopic (exact) mass is 1070 g/mol. The third kappa shape index (κ3) is 14.2. The van der Waals surface area contributed by atoms with Crippen molar-refractivity contribution in [2.75, 3.05) is 6.61 Å². The Balaban J connectivity index is 0.000000201. The maximum absolute atomic E-state index is 9.78. The number of phenols is 3. The molecule has 0 aromatic heterocycles. The lowest BCUT2D eigenvalue weighted by molar-refractivity contribution is -0.105. The average Bonchev–Trinajstić information content (AvgIpc) is 3.44. The van der Waals surface area contributed by atoms with E-state index < -0.39 is 0 Å². The van der Waals surface area contributed by atoms with Crippen LogP contribution in [0.4, 0.5) is 0 Å². The van der Waals surface area contributed by atoms with Crippen molar-refractivity contribution in [3.05, 3.63) is 237 Å².